The molecule has 1 aromatic carbocycles. The highest BCUT2D eigenvalue weighted by atomic mass is 16.4. The maximum atomic E-state index is 11.7. The minimum Gasteiger partial charge on any atom is -0.480 e. The Morgan fingerprint density at radius 3 is 2.42 bits per heavy atom. The zero-order valence-electron chi connectivity index (χ0n) is 10.2. The van der Waals surface area contributed by atoms with Crippen molar-refractivity contribution in [3.05, 3.63) is 70.1 Å². The van der Waals surface area contributed by atoms with Gasteiger partial charge in [-0.2, -0.15) is 0 Å². The summed E-state index contributed by atoms with van der Waals surface area (Å²) in [5.41, 5.74) is 1.46. The maximum Gasteiger partial charge on any atom is 0.323 e. The molecule has 0 bridgehead atoms. The molecule has 4 heteroatoms. The quantitative estimate of drug-likeness (QED) is 0.910. The van der Waals surface area contributed by atoms with E-state index in [1.54, 1.807) is 6.07 Å². The lowest BCUT2D eigenvalue weighted by molar-refractivity contribution is -0.137. The second kappa shape index (κ2) is 5.82. The normalized spacial score (nSPS) is 10.7. The largest absolute Gasteiger partial charge is 0.480 e. The maximum absolute atomic E-state index is 11.7. The zero-order chi connectivity index (χ0) is 13.7. The second-order valence-corrected chi connectivity index (χ2v) is 4.06. The number of rotatable bonds is 4. The summed E-state index contributed by atoms with van der Waals surface area (Å²) in [4.78, 5) is 22.2. The summed E-state index contributed by atoms with van der Waals surface area (Å²) in [5, 5.41) is 8.64. The standard InChI is InChI=1S/C15H13NO3/c17-14-10-13(8-9-16(14)11-15(18)19)7-6-12-4-2-1-3-5-12/h1-10H,11H2,(H,18,19)/b7-6+. The van der Waals surface area contributed by atoms with E-state index in [0.717, 1.165) is 15.7 Å². The first-order chi connectivity index (χ1) is 9.15. The van der Waals surface area contributed by atoms with Crippen molar-refractivity contribution >= 4 is 18.1 Å². The van der Waals surface area contributed by atoms with Crippen molar-refractivity contribution in [3.8, 4) is 0 Å². The van der Waals surface area contributed by atoms with E-state index in [9.17, 15) is 9.59 Å². The molecule has 0 radical (unpaired) electrons. The van der Waals surface area contributed by atoms with Crippen LogP contribution in [0.3, 0.4) is 0 Å². The minimum atomic E-state index is -1.03. The predicted octanol–water partition coefficient (Wildman–Crippen LogP) is 2.10. The molecule has 0 spiro atoms. The molecule has 4 nitrogen and oxygen atoms in total. The molecule has 96 valence electrons. The molecule has 0 aliphatic rings. The molecule has 0 aliphatic heterocycles. The van der Waals surface area contributed by atoms with Crippen molar-refractivity contribution in [3.63, 3.8) is 0 Å². The summed E-state index contributed by atoms with van der Waals surface area (Å²) < 4.78 is 1.15. The molecule has 1 N–H and O–H groups in total. The van der Waals surface area contributed by atoms with Crippen LogP contribution in [0, 0.1) is 0 Å². The molecule has 0 aliphatic carbocycles. The number of carboxylic acid groups (broad SMARTS) is 1. The molecular weight excluding hydrogens is 242 g/mol. The third-order valence-corrected chi connectivity index (χ3v) is 2.59. The monoisotopic (exact) mass is 255 g/mol. The minimum absolute atomic E-state index is 0.318. The number of aliphatic carboxylic acids is 1. The van der Waals surface area contributed by atoms with E-state index in [0.29, 0.717) is 0 Å². The van der Waals surface area contributed by atoms with Gasteiger partial charge < -0.3 is 9.67 Å². The Morgan fingerprint density at radius 1 is 1.11 bits per heavy atom. The second-order valence-electron chi connectivity index (χ2n) is 4.06. The number of hydrogen-bond donors (Lipinski definition) is 1. The lowest BCUT2D eigenvalue weighted by atomic mass is 10.1. The van der Waals surface area contributed by atoms with Crippen LogP contribution in [-0.4, -0.2) is 15.6 Å². The van der Waals surface area contributed by atoms with E-state index in [4.69, 9.17) is 5.11 Å². The molecule has 0 amide bonds. The zero-order valence-corrected chi connectivity index (χ0v) is 10.2. The molecule has 1 heterocycles. The fourth-order valence-corrected chi connectivity index (χ4v) is 1.66. The summed E-state index contributed by atoms with van der Waals surface area (Å²) in [7, 11) is 0. The first kappa shape index (κ1) is 12.8. The number of aromatic nitrogens is 1. The van der Waals surface area contributed by atoms with Crippen LogP contribution in [0.25, 0.3) is 12.2 Å². The number of hydrogen-bond acceptors (Lipinski definition) is 2. The molecule has 0 fully saturated rings. The topological polar surface area (TPSA) is 59.3 Å². The van der Waals surface area contributed by atoms with Crippen molar-refractivity contribution in [2.45, 2.75) is 6.54 Å². The Morgan fingerprint density at radius 2 is 1.79 bits per heavy atom. The third kappa shape index (κ3) is 3.67. The van der Waals surface area contributed by atoms with Crippen molar-refractivity contribution in [2.75, 3.05) is 0 Å². The van der Waals surface area contributed by atoms with Gasteiger partial charge in [0.15, 0.2) is 0 Å². The molecule has 1 aromatic heterocycles. The van der Waals surface area contributed by atoms with Crippen LogP contribution >= 0.6 is 0 Å². The average molecular weight is 255 g/mol. The molecule has 0 atom stereocenters. The van der Waals surface area contributed by atoms with Crippen molar-refractivity contribution < 1.29 is 9.90 Å². The summed E-state index contributed by atoms with van der Waals surface area (Å²) in [5.74, 6) is -1.03. The van der Waals surface area contributed by atoms with Crippen LogP contribution < -0.4 is 5.56 Å². The van der Waals surface area contributed by atoms with Crippen molar-refractivity contribution in [1.82, 2.24) is 4.57 Å². The smallest absolute Gasteiger partial charge is 0.323 e. The van der Waals surface area contributed by atoms with Gasteiger partial charge in [-0.3, -0.25) is 9.59 Å². The summed E-state index contributed by atoms with van der Waals surface area (Å²) in [6.07, 6.45) is 5.21. The van der Waals surface area contributed by atoms with E-state index in [1.165, 1.54) is 12.3 Å². The SMILES string of the molecule is O=C(O)Cn1ccc(/C=C/c2ccccc2)cc1=O. The van der Waals surface area contributed by atoms with Gasteiger partial charge in [-0.05, 0) is 17.2 Å². The van der Waals surface area contributed by atoms with Gasteiger partial charge >= 0.3 is 5.97 Å². The van der Waals surface area contributed by atoms with Crippen LogP contribution in [-0.2, 0) is 11.3 Å². The first-order valence-electron chi connectivity index (χ1n) is 5.80. The molecule has 2 rings (SSSR count). The predicted molar refractivity (Wildman–Crippen MR) is 73.7 cm³/mol. The fraction of sp³-hybridized carbons (Fsp3) is 0.0667. The van der Waals surface area contributed by atoms with E-state index < -0.39 is 5.97 Å². The molecule has 2 aromatic rings. The first-order valence-corrected chi connectivity index (χ1v) is 5.80. The number of benzene rings is 1. The lowest BCUT2D eigenvalue weighted by Crippen LogP contribution is -2.22. The van der Waals surface area contributed by atoms with Gasteiger partial charge in [0.25, 0.3) is 5.56 Å². The molecule has 0 saturated heterocycles. The van der Waals surface area contributed by atoms with Gasteiger partial charge in [0.2, 0.25) is 0 Å². The number of carbonyl (C=O) groups is 1. The summed E-state index contributed by atoms with van der Waals surface area (Å²) >= 11 is 0. The van der Waals surface area contributed by atoms with Crippen LogP contribution in [0.2, 0.25) is 0 Å². The van der Waals surface area contributed by atoms with Gasteiger partial charge in [-0.15, -0.1) is 0 Å². The average Bonchev–Trinajstić information content (AvgIpc) is 2.40. The van der Waals surface area contributed by atoms with Crippen molar-refractivity contribution in [2.24, 2.45) is 0 Å². The Kier molecular flexibility index (Phi) is 3.93. The Hall–Kier alpha value is -2.62. The molecular formula is C15H13NO3. The highest BCUT2D eigenvalue weighted by molar-refractivity contribution is 5.69. The van der Waals surface area contributed by atoms with Crippen LogP contribution in [0.5, 0.6) is 0 Å². The number of nitrogens with zero attached hydrogens (tertiary/aromatic N) is 1. The van der Waals surface area contributed by atoms with E-state index in [2.05, 4.69) is 0 Å². The van der Waals surface area contributed by atoms with Gasteiger partial charge in [-0.25, -0.2) is 0 Å². The van der Waals surface area contributed by atoms with Crippen molar-refractivity contribution in [1.29, 1.82) is 0 Å². The summed E-state index contributed by atoms with van der Waals surface area (Å²) in [6.45, 7) is -0.318. The molecule has 0 saturated carbocycles. The van der Waals surface area contributed by atoms with Crippen LogP contribution in [0.15, 0.2) is 53.5 Å². The Labute approximate surface area is 110 Å². The van der Waals surface area contributed by atoms with Gasteiger partial charge in [-0.1, -0.05) is 42.5 Å². The lowest BCUT2D eigenvalue weighted by Gasteiger charge is -2.01. The molecule has 19 heavy (non-hydrogen) atoms. The Bertz CT molecular complexity index is 657. The van der Waals surface area contributed by atoms with E-state index >= 15 is 0 Å². The van der Waals surface area contributed by atoms with Gasteiger partial charge in [0, 0.05) is 12.3 Å². The fourth-order valence-electron chi connectivity index (χ4n) is 1.66. The highest BCUT2D eigenvalue weighted by Gasteiger charge is 2.01. The van der Waals surface area contributed by atoms with Gasteiger partial charge in [0.05, 0.1) is 0 Å². The summed E-state index contributed by atoms with van der Waals surface area (Å²) in [6, 6.07) is 12.9. The van der Waals surface area contributed by atoms with Gasteiger partial charge in [0.1, 0.15) is 6.54 Å². The molecule has 0 unspecified atom stereocenters. The van der Waals surface area contributed by atoms with E-state index in [-0.39, 0.29) is 12.1 Å². The number of pyridine rings is 1. The highest BCUT2D eigenvalue weighted by Crippen LogP contribution is 2.06. The number of carboxylic acids is 1. The Balaban J connectivity index is 2.19. The third-order valence-electron chi connectivity index (χ3n) is 2.59. The van der Waals surface area contributed by atoms with Crippen LogP contribution in [0.1, 0.15) is 11.1 Å². The van der Waals surface area contributed by atoms with Crippen LogP contribution in [0.4, 0.5) is 0 Å². The van der Waals surface area contributed by atoms with E-state index in [1.807, 2.05) is 42.5 Å².